The number of hydrogen-bond donors (Lipinski definition) is 1. The van der Waals surface area contributed by atoms with E-state index in [4.69, 9.17) is 4.74 Å². The van der Waals surface area contributed by atoms with Crippen LogP contribution in [-0.2, 0) is 16.0 Å². The average molecular weight is 377 g/mol. The number of esters is 1. The number of aromatic nitrogens is 1. The number of nitrogens with one attached hydrogen (secondary N) is 1. The molecular formula is C23H23NO4. The summed E-state index contributed by atoms with van der Waals surface area (Å²) in [7, 11) is 0. The molecule has 0 amide bonds. The molecule has 28 heavy (non-hydrogen) atoms. The van der Waals surface area contributed by atoms with E-state index in [1.165, 1.54) is 6.92 Å². The van der Waals surface area contributed by atoms with E-state index in [1.54, 1.807) is 20.8 Å². The highest BCUT2D eigenvalue weighted by Gasteiger charge is 2.26. The van der Waals surface area contributed by atoms with Crippen molar-refractivity contribution in [3.05, 3.63) is 70.5 Å². The lowest BCUT2D eigenvalue weighted by Crippen LogP contribution is -2.26. The summed E-state index contributed by atoms with van der Waals surface area (Å²) < 4.78 is 5.35. The Labute approximate surface area is 163 Å². The third-order valence-corrected chi connectivity index (χ3v) is 4.88. The molecule has 3 rings (SSSR count). The normalized spacial score (nSPS) is 12.0. The number of ether oxygens (including phenoxy) is 1. The summed E-state index contributed by atoms with van der Waals surface area (Å²) in [6.45, 7) is 6.47. The van der Waals surface area contributed by atoms with Crippen LogP contribution >= 0.6 is 0 Å². The minimum atomic E-state index is -0.940. The average Bonchev–Trinajstić information content (AvgIpc) is 2.95. The first-order chi connectivity index (χ1) is 13.3. The van der Waals surface area contributed by atoms with Crippen molar-refractivity contribution in [2.75, 3.05) is 0 Å². The number of rotatable bonds is 6. The lowest BCUT2D eigenvalue weighted by molar-refractivity contribution is -0.145. The van der Waals surface area contributed by atoms with E-state index in [1.807, 2.05) is 42.5 Å². The maximum absolute atomic E-state index is 12.7. The molecule has 0 bridgehead atoms. The van der Waals surface area contributed by atoms with E-state index in [2.05, 4.69) is 4.98 Å². The summed E-state index contributed by atoms with van der Waals surface area (Å²) in [5, 5.41) is 2.15. The Morgan fingerprint density at radius 2 is 1.71 bits per heavy atom. The van der Waals surface area contributed by atoms with E-state index in [0.717, 1.165) is 16.3 Å². The second-order valence-corrected chi connectivity index (χ2v) is 7.04. The Balaban J connectivity index is 1.70. The highest BCUT2D eigenvalue weighted by Crippen LogP contribution is 2.21. The summed E-state index contributed by atoms with van der Waals surface area (Å²) in [5.41, 5.74) is 2.89. The first-order valence-corrected chi connectivity index (χ1v) is 9.19. The SMILES string of the molecule is CC(=O)c1c(C)[nH]c(C(=O)[C@@H](C)OC(=O)Cc2ccc3ccccc3c2)c1C. The van der Waals surface area contributed by atoms with Crippen molar-refractivity contribution in [2.24, 2.45) is 0 Å². The van der Waals surface area contributed by atoms with Crippen LogP contribution in [-0.4, -0.2) is 28.6 Å². The van der Waals surface area contributed by atoms with Crippen molar-refractivity contribution in [1.82, 2.24) is 4.98 Å². The second-order valence-electron chi connectivity index (χ2n) is 7.04. The smallest absolute Gasteiger partial charge is 0.310 e. The molecular weight excluding hydrogens is 354 g/mol. The van der Waals surface area contributed by atoms with Gasteiger partial charge in [0.15, 0.2) is 11.9 Å². The van der Waals surface area contributed by atoms with Gasteiger partial charge in [0.05, 0.1) is 12.1 Å². The zero-order valence-electron chi connectivity index (χ0n) is 16.5. The monoisotopic (exact) mass is 377 g/mol. The van der Waals surface area contributed by atoms with Gasteiger partial charge >= 0.3 is 5.97 Å². The van der Waals surface area contributed by atoms with E-state index < -0.39 is 12.1 Å². The predicted octanol–water partition coefficient (Wildman–Crippen LogP) is 4.34. The van der Waals surface area contributed by atoms with Crippen molar-refractivity contribution in [3.8, 4) is 0 Å². The van der Waals surface area contributed by atoms with Crippen LogP contribution in [0, 0.1) is 13.8 Å². The van der Waals surface area contributed by atoms with Crippen molar-refractivity contribution >= 4 is 28.3 Å². The summed E-state index contributed by atoms with van der Waals surface area (Å²) in [4.78, 5) is 39.7. The molecule has 3 aromatic rings. The van der Waals surface area contributed by atoms with Gasteiger partial charge in [-0.2, -0.15) is 0 Å². The van der Waals surface area contributed by atoms with E-state index in [9.17, 15) is 14.4 Å². The summed E-state index contributed by atoms with van der Waals surface area (Å²) >= 11 is 0. The van der Waals surface area contributed by atoms with Crippen molar-refractivity contribution in [3.63, 3.8) is 0 Å². The fraction of sp³-hybridized carbons (Fsp3) is 0.261. The molecule has 1 aromatic heterocycles. The number of fused-ring (bicyclic) bond motifs is 1. The number of hydrogen-bond acceptors (Lipinski definition) is 4. The number of aromatic amines is 1. The van der Waals surface area contributed by atoms with Crippen LogP contribution in [0.25, 0.3) is 10.8 Å². The summed E-state index contributed by atoms with van der Waals surface area (Å²) in [6.07, 6.45) is -0.853. The van der Waals surface area contributed by atoms with Crippen molar-refractivity contribution < 1.29 is 19.1 Å². The molecule has 0 aliphatic heterocycles. The van der Waals surface area contributed by atoms with Crippen molar-refractivity contribution in [2.45, 2.75) is 40.2 Å². The van der Waals surface area contributed by atoms with E-state index in [0.29, 0.717) is 22.5 Å². The molecule has 0 spiro atoms. The zero-order chi connectivity index (χ0) is 20.4. The first kappa shape index (κ1) is 19.5. The number of H-pyrrole nitrogens is 1. The fourth-order valence-corrected chi connectivity index (χ4v) is 3.54. The minimum absolute atomic E-state index is 0.0872. The zero-order valence-corrected chi connectivity index (χ0v) is 16.5. The molecule has 1 heterocycles. The molecule has 0 saturated carbocycles. The molecule has 0 fully saturated rings. The Morgan fingerprint density at radius 1 is 1.04 bits per heavy atom. The van der Waals surface area contributed by atoms with Gasteiger partial charge in [-0.15, -0.1) is 0 Å². The number of carbonyl (C=O) groups is 3. The quantitative estimate of drug-likeness (QED) is 0.512. The van der Waals surface area contributed by atoms with Crippen LogP contribution in [0.15, 0.2) is 42.5 Å². The number of Topliss-reactive ketones (excluding diaryl/α,β-unsaturated/α-hetero) is 2. The molecule has 0 saturated heterocycles. The van der Waals surface area contributed by atoms with Gasteiger partial charge in [0.2, 0.25) is 5.78 Å². The maximum atomic E-state index is 12.7. The Hall–Kier alpha value is -3.21. The van der Waals surface area contributed by atoms with Crippen LogP contribution in [0.5, 0.6) is 0 Å². The van der Waals surface area contributed by atoms with Crippen LogP contribution in [0.3, 0.4) is 0 Å². The molecule has 144 valence electrons. The highest BCUT2D eigenvalue weighted by molar-refractivity contribution is 6.05. The molecule has 0 aliphatic carbocycles. The number of benzene rings is 2. The minimum Gasteiger partial charge on any atom is -0.454 e. The number of ketones is 2. The van der Waals surface area contributed by atoms with Gasteiger partial charge in [-0.3, -0.25) is 14.4 Å². The second kappa shape index (κ2) is 7.80. The topological polar surface area (TPSA) is 76.2 Å². The van der Waals surface area contributed by atoms with E-state index >= 15 is 0 Å². The lowest BCUT2D eigenvalue weighted by Gasteiger charge is -2.12. The van der Waals surface area contributed by atoms with Gasteiger partial charge in [-0.25, -0.2) is 0 Å². The largest absolute Gasteiger partial charge is 0.454 e. The molecule has 5 nitrogen and oxygen atoms in total. The Morgan fingerprint density at radius 3 is 2.36 bits per heavy atom. The van der Waals surface area contributed by atoms with Crippen LogP contribution in [0.1, 0.15) is 51.5 Å². The molecule has 1 atom stereocenters. The highest BCUT2D eigenvalue weighted by atomic mass is 16.5. The van der Waals surface area contributed by atoms with Gasteiger partial charge < -0.3 is 9.72 Å². The molecule has 0 unspecified atom stereocenters. The summed E-state index contributed by atoms with van der Waals surface area (Å²) in [6, 6.07) is 13.7. The van der Waals surface area contributed by atoms with Crippen LogP contribution < -0.4 is 0 Å². The Kier molecular flexibility index (Phi) is 5.45. The molecule has 1 N–H and O–H groups in total. The third-order valence-electron chi connectivity index (χ3n) is 4.88. The van der Waals surface area contributed by atoms with Gasteiger partial charge in [0, 0.05) is 11.3 Å². The van der Waals surface area contributed by atoms with Gasteiger partial charge in [0.1, 0.15) is 0 Å². The maximum Gasteiger partial charge on any atom is 0.310 e. The first-order valence-electron chi connectivity index (χ1n) is 9.19. The fourth-order valence-electron chi connectivity index (χ4n) is 3.54. The van der Waals surface area contributed by atoms with Gasteiger partial charge in [-0.1, -0.05) is 42.5 Å². The molecule has 5 heteroatoms. The number of carbonyl (C=O) groups excluding carboxylic acids is 3. The molecule has 2 aromatic carbocycles. The number of aryl methyl sites for hydroxylation is 1. The van der Waals surface area contributed by atoms with E-state index in [-0.39, 0.29) is 18.0 Å². The molecule has 0 radical (unpaired) electrons. The Bertz CT molecular complexity index is 1080. The van der Waals surface area contributed by atoms with Gasteiger partial charge in [-0.05, 0) is 49.6 Å². The van der Waals surface area contributed by atoms with Crippen LogP contribution in [0.2, 0.25) is 0 Å². The van der Waals surface area contributed by atoms with Gasteiger partial charge in [0.25, 0.3) is 0 Å². The summed E-state index contributed by atoms with van der Waals surface area (Å²) in [5.74, 6) is -0.921. The lowest BCUT2D eigenvalue weighted by atomic mass is 10.0. The van der Waals surface area contributed by atoms with Crippen LogP contribution in [0.4, 0.5) is 0 Å². The molecule has 0 aliphatic rings. The standard InChI is InChI=1S/C23H23NO4/c1-13-21(15(3)25)14(2)24-22(13)23(27)16(4)28-20(26)12-17-9-10-18-7-5-6-8-19(18)11-17/h5-11,16,24H,12H2,1-4H3/t16-/m1/s1. The third kappa shape index (κ3) is 3.88. The predicted molar refractivity (Wildman–Crippen MR) is 108 cm³/mol. The van der Waals surface area contributed by atoms with Crippen molar-refractivity contribution in [1.29, 1.82) is 0 Å².